The standard InChI is InChI=1S/C13H18N2O/c1-9-5-6-11(8-10(9)2)13(15-14)12-4-3-7-16-12/h4-6,8,13,15H,3,7,14H2,1-2H3. The van der Waals surface area contributed by atoms with Gasteiger partial charge in [0, 0.05) is 6.42 Å². The molecule has 3 heteroatoms. The molecule has 1 aliphatic heterocycles. The van der Waals surface area contributed by atoms with Crippen molar-refractivity contribution < 1.29 is 4.74 Å². The van der Waals surface area contributed by atoms with E-state index in [-0.39, 0.29) is 6.04 Å². The second-order valence-corrected chi connectivity index (χ2v) is 4.19. The summed E-state index contributed by atoms with van der Waals surface area (Å²) in [5, 5.41) is 0. The van der Waals surface area contributed by atoms with Gasteiger partial charge in [-0.2, -0.15) is 0 Å². The van der Waals surface area contributed by atoms with Crippen LogP contribution in [0.4, 0.5) is 0 Å². The molecule has 0 spiro atoms. The van der Waals surface area contributed by atoms with Gasteiger partial charge in [0.15, 0.2) is 0 Å². The van der Waals surface area contributed by atoms with Gasteiger partial charge in [-0.05, 0) is 36.6 Å². The quantitative estimate of drug-likeness (QED) is 0.603. The molecule has 2 rings (SSSR count). The maximum Gasteiger partial charge on any atom is 0.115 e. The first-order valence-electron chi connectivity index (χ1n) is 5.58. The predicted octanol–water partition coefficient (Wildman–Crippen LogP) is 2.11. The molecule has 1 aromatic rings. The monoisotopic (exact) mass is 218 g/mol. The largest absolute Gasteiger partial charge is 0.496 e. The summed E-state index contributed by atoms with van der Waals surface area (Å²) < 4.78 is 5.55. The third-order valence-electron chi connectivity index (χ3n) is 3.05. The maximum atomic E-state index is 5.60. The lowest BCUT2D eigenvalue weighted by atomic mass is 10.00. The van der Waals surface area contributed by atoms with Crippen molar-refractivity contribution in [3.05, 3.63) is 46.7 Å². The van der Waals surface area contributed by atoms with Crippen LogP contribution >= 0.6 is 0 Å². The first-order valence-corrected chi connectivity index (χ1v) is 5.58. The van der Waals surface area contributed by atoms with Crippen LogP contribution in [0.5, 0.6) is 0 Å². The van der Waals surface area contributed by atoms with E-state index in [1.54, 1.807) is 0 Å². The number of hydrogen-bond donors (Lipinski definition) is 2. The Morgan fingerprint density at radius 2 is 2.12 bits per heavy atom. The van der Waals surface area contributed by atoms with E-state index < -0.39 is 0 Å². The Labute approximate surface area is 96.3 Å². The van der Waals surface area contributed by atoms with Gasteiger partial charge in [0.2, 0.25) is 0 Å². The zero-order valence-electron chi connectivity index (χ0n) is 9.79. The van der Waals surface area contributed by atoms with Crippen molar-refractivity contribution in [3.8, 4) is 0 Å². The normalized spacial score (nSPS) is 16.8. The molecule has 1 aromatic carbocycles. The third-order valence-corrected chi connectivity index (χ3v) is 3.05. The number of ether oxygens (including phenoxy) is 1. The molecule has 3 N–H and O–H groups in total. The minimum absolute atomic E-state index is 0.0261. The van der Waals surface area contributed by atoms with Crippen LogP contribution in [0.15, 0.2) is 30.0 Å². The molecule has 1 atom stereocenters. The van der Waals surface area contributed by atoms with Gasteiger partial charge in [0.25, 0.3) is 0 Å². The van der Waals surface area contributed by atoms with Crippen molar-refractivity contribution in [2.75, 3.05) is 6.61 Å². The van der Waals surface area contributed by atoms with Crippen LogP contribution in [0.3, 0.4) is 0 Å². The van der Waals surface area contributed by atoms with E-state index in [9.17, 15) is 0 Å². The Hall–Kier alpha value is -1.32. The van der Waals surface area contributed by atoms with Gasteiger partial charge in [-0.3, -0.25) is 5.84 Å². The van der Waals surface area contributed by atoms with E-state index in [2.05, 4.69) is 43.5 Å². The lowest BCUT2D eigenvalue weighted by Crippen LogP contribution is -2.29. The molecular weight excluding hydrogens is 200 g/mol. The molecule has 16 heavy (non-hydrogen) atoms. The Balaban J connectivity index is 2.29. The molecule has 0 radical (unpaired) electrons. The summed E-state index contributed by atoms with van der Waals surface area (Å²) in [7, 11) is 0. The van der Waals surface area contributed by atoms with E-state index >= 15 is 0 Å². The highest BCUT2D eigenvalue weighted by Gasteiger charge is 2.19. The number of benzene rings is 1. The molecule has 0 fully saturated rings. The van der Waals surface area contributed by atoms with Gasteiger partial charge in [-0.15, -0.1) is 0 Å². The second kappa shape index (κ2) is 4.68. The topological polar surface area (TPSA) is 47.3 Å². The zero-order chi connectivity index (χ0) is 11.5. The minimum Gasteiger partial charge on any atom is -0.496 e. The van der Waals surface area contributed by atoms with Crippen molar-refractivity contribution in [3.63, 3.8) is 0 Å². The maximum absolute atomic E-state index is 5.60. The average molecular weight is 218 g/mol. The van der Waals surface area contributed by atoms with Crippen LogP contribution in [0.2, 0.25) is 0 Å². The van der Waals surface area contributed by atoms with Crippen LogP contribution in [-0.2, 0) is 4.74 Å². The molecule has 0 aromatic heterocycles. The number of nitrogens with one attached hydrogen (secondary N) is 1. The van der Waals surface area contributed by atoms with Crippen LogP contribution in [0, 0.1) is 13.8 Å². The molecule has 0 aliphatic carbocycles. The average Bonchev–Trinajstić information content (AvgIpc) is 2.78. The molecule has 1 aliphatic rings. The third kappa shape index (κ3) is 2.10. The Morgan fingerprint density at radius 1 is 1.31 bits per heavy atom. The first kappa shape index (κ1) is 11.2. The Kier molecular flexibility index (Phi) is 3.27. The van der Waals surface area contributed by atoms with Crippen LogP contribution < -0.4 is 11.3 Å². The van der Waals surface area contributed by atoms with Crippen LogP contribution in [0.1, 0.15) is 29.2 Å². The summed E-state index contributed by atoms with van der Waals surface area (Å²) in [5.74, 6) is 6.54. The van der Waals surface area contributed by atoms with Gasteiger partial charge in [0.1, 0.15) is 11.8 Å². The fraction of sp³-hybridized carbons (Fsp3) is 0.385. The van der Waals surface area contributed by atoms with Gasteiger partial charge in [-0.1, -0.05) is 18.2 Å². The molecule has 0 amide bonds. The lowest BCUT2D eigenvalue weighted by Gasteiger charge is -2.18. The van der Waals surface area contributed by atoms with E-state index in [0.29, 0.717) is 0 Å². The van der Waals surface area contributed by atoms with E-state index in [4.69, 9.17) is 10.6 Å². The Bertz CT molecular complexity index is 412. The number of rotatable bonds is 3. The van der Waals surface area contributed by atoms with Crippen molar-refractivity contribution in [1.82, 2.24) is 5.43 Å². The molecule has 0 bridgehead atoms. The number of nitrogens with two attached hydrogens (primary N) is 1. The summed E-state index contributed by atoms with van der Waals surface area (Å²) in [5.41, 5.74) is 6.53. The number of aryl methyl sites for hydroxylation is 2. The van der Waals surface area contributed by atoms with Crippen molar-refractivity contribution in [1.29, 1.82) is 0 Å². The van der Waals surface area contributed by atoms with Crippen molar-refractivity contribution >= 4 is 0 Å². The molecule has 0 saturated carbocycles. The van der Waals surface area contributed by atoms with Crippen molar-refractivity contribution in [2.45, 2.75) is 26.3 Å². The number of hydrazine groups is 1. The van der Waals surface area contributed by atoms with Gasteiger partial charge in [0.05, 0.1) is 6.61 Å². The van der Waals surface area contributed by atoms with Gasteiger partial charge < -0.3 is 4.74 Å². The molecule has 86 valence electrons. The zero-order valence-corrected chi connectivity index (χ0v) is 9.79. The highest BCUT2D eigenvalue weighted by molar-refractivity contribution is 5.34. The summed E-state index contributed by atoms with van der Waals surface area (Å²) in [6, 6.07) is 6.34. The van der Waals surface area contributed by atoms with Crippen molar-refractivity contribution in [2.24, 2.45) is 5.84 Å². The SMILES string of the molecule is Cc1ccc(C(NN)C2=CCCO2)cc1C. The van der Waals surface area contributed by atoms with E-state index in [1.165, 1.54) is 11.1 Å². The highest BCUT2D eigenvalue weighted by Crippen LogP contribution is 2.26. The lowest BCUT2D eigenvalue weighted by molar-refractivity contribution is 0.215. The van der Waals surface area contributed by atoms with E-state index in [1.807, 2.05) is 0 Å². The minimum atomic E-state index is -0.0261. The molecule has 0 saturated heterocycles. The summed E-state index contributed by atoms with van der Waals surface area (Å²) in [6.07, 6.45) is 3.07. The molecule has 1 heterocycles. The van der Waals surface area contributed by atoms with Crippen LogP contribution in [0.25, 0.3) is 0 Å². The van der Waals surface area contributed by atoms with E-state index in [0.717, 1.165) is 24.4 Å². The predicted molar refractivity (Wildman–Crippen MR) is 64.6 cm³/mol. The van der Waals surface area contributed by atoms with Gasteiger partial charge in [-0.25, -0.2) is 5.43 Å². The molecular formula is C13H18N2O. The summed E-state index contributed by atoms with van der Waals surface area (Å²) >= 11 is 0. The smallest absolute Gasteiger partial charge is 0.115 e. The fourth-order valence-corrected chi connectivity index (χ4v) is 1.92. The first-order chi connectivity index (χ1) is 7.72. The molecule has 1 unspecified atom stereocenters. The summed E-state index contributed by atoms with van der Waals surface area (Å²) in [6.45, 7) is 4.98. The molecule has 3 nitrogen and oxygen atoms in total. The second-order valence-electron chi connectivity index (χ2n) is 4.19. The Morgan fingerprint density at radius 3 is 2.69 bits per heavy atom. The fourth-order valence-electron chi connectivity index (χ4n) is 1.92. The van der Waals surface area contributed by atoms with Gasteiger partial charge >= 0.3 is 0 Å². The van der Waals surface area contributed by atoms with Crippen LogP contribution in [-0.4, -0.2) is 6.61 Å². The number of hydrogen-bond acceptors (Lipinski definition) is 3. The highest BCUT2D eigenvalue weighted by atomic mass is 16.5. The summed E-state index contributed by atoms with van der Waals surface area (Å²) in [4.78, 5) is 0.